The zero-order valence-electron chi connectivity index (χ0n) is 16.5. The van der Waals surface area contributed by atoms with Crippen molar-refractivity contribution in [2.45, 2.75) is 26.2 Å². The summed E-state index contributed by atoms with van der Waals surface area (Å²) < 4.78 is 0. The molecule has 0 aliphatic rings. The monoisotopic (exact) mass is 420 g/mol. The van der Waals surface area contributed by atoms with Gasteiger partial charge in [-0.2, -0.15) is 0 Å². The van der Waals surface area contributed by atoms with E-state index in [-0.39, 0.29) is 5.91 Å². The Balaban J connectivity index is 1.52. The number of carbonyl (C=O) groups excluding carboxylic acids is 1. The smallest absolute Gasteiger partial charge is 0.314 e. The highest BCUT2D eigenvalue weighted by atomic mass is 32.1. The normalized spacial score (nSPS) is 12.1. The fraction of sp³-hybridized carbons (Fsp3) is 0.182. The summed E-state index contributed by atoms with van der Waals surface area (Å²) in [5.74, 6) is 0.163. The van der Waals surface area contributed by atoms with Gasteiger partial charge in [0.15, 0.2) is 5.13 Å². The molecule has 8 heteroatoms. The number of aromatic amines is 2. The van der Waals surface area contributed by atoms with E-state index in [4.69, 9.17) is 0 Å². The Morgan fingerprint density at radius 2 is 1.77 bits per heavy atom. The number of fused-ring (bicyclic) bond motifs is 1. The van der Waals surface area contributed by atoms with Gasteiger partial charge in [0.05, 0.1) is 16.7 Å². The molecule has 152 valence electrons. The summed E-state index contributed by atoms with van der Waals surface area (Å²) in [5.41, 5.74) is 2.77. The number of carbonyl (C=O) groups is 1. The number of amides is 1. The van der Waals surface area contributed by atoms with Crippen LogP contribution in [0.25, 0.3) is 22.3 Å². The Labute approximate surface area is 175 Å². The SMILES string of the molecule is CCC(C)c1ccc(-c2csc(NC(=O)c3ccc4[nH]c(=O)c(=O)[nH]c4c3)n2)cc1. The zero-order chi connectivity index (χ0) is 21.3. The van der Waals surface area contributed by atoms with Gasteiger partial charge in [0.2, 0.25) is 0 Å². The Bertz CT molecular complexity index is 1340. The highest BCUT2D eigenvalue weighted by molar-refractivity contribution is 7.14. The van der Waals surface area contributed by atoms with Crippen LogP contribution in [0.3, 0.4) is 0 Å². The first-order valence-corrected chi connectivity index (χ1v) is 10.5. The van der Waals surface area contributed by atoms with Gasteiger partial charge in [-0.05, 0) is 36.1 Å². The summed E-state index contributed by atoms with van der Waals surface area (Å²) >= 11 is 1.34. The van der Waals surface area contributed by atoms with Crippen LogP contribution in [-0.4, -0.2) is 20.9 Å². The second-order valence-corrected chi connectivity index (χ2v) is 7.95. The van der Waals surface area contributed by atoms with Crippen LogP contribution in [0.2, 0.25) is 0 Å². The summed E-state index contributed by atoms with van der Waals surface area (Å²) in [5, 5.41) is 5.16. The molecular formula is C22H20N4O3S. The topological polar surface area (TPSA) is 108 Å². The van der Waals surface area contributed by atoms with Gasteiger partial charge in [-0.1, -0.05) is 38.1 Å². The quantitative estimate of drug-likeness (QED) is 0.422. The Hall–Kier alpha value is -3.52. The number of hydrogen-bond acceptors (Lipinski definition) is 5. The number of hydrogen-bond donors (Lipinski definition) is 3. The molecule has 1 unspecified atom stereocenters. The van der Waals surface area contributed by atoms with Crippen LogP contribution in [0, 0.1) is 0 Å². The van der Waals surface area contributed by atoms with E-state index in [1.807, 2.05) is 17.5 Å². The minimum atomic E-state index is -0.760. The number of aromatic nitrogens is 3. The van der Waals surface area contributed by atoms with Crippen molar-refractivity contribution in [1.82, 2.24) is 15.0 Å². The molecule has 2 heterocycles. The first-order valence-electron chi connectivity index (χ1n) is 9.58. The van der Waals surface area contributed by atoms with E-state index in [1.165, 1.54) is 23.0 Å². The third-order valence-electron chi connectivity index (χ3n) is 5.10. The number of thiazole rings is 1. The van der Waals surface area contributed by atoms with E-state index >= 15 is 0 Å². The van der Waals surface area contributed by atoms with Crippen molar-refractivity contribution in [1.29, 1.82) is 0 Å². The molecule has 3 N–H and O–H groups in total. The molecule has 0 fully saturated rings. The standard InChI is InChI=1S/C22H20N4O3S/c1-3-12(2)13-4-6-14(7-5-13)18-11-30-22(25-18)26-19(27)15-8-9-16-17(10-15)24-21(29)20(28)23-16/h4-12H,3H2,1-2H3,(H,23,28)(H,24,29)(H,25,26,27). The first kappa shape index (κ1) is 19.8. The van der Waals surface area contributed by atoms with Gasteiger partial charge >= 0.3 is 11.1 Å². The minimum absolute atomic E-state index is 0.347. The van der Waals surface area contributed by atoms with Crippen molar-refractivity contribution >= 4 is 33.4 Å². The molecule has 0 radical (unpaired) electrons. The van der Waals surface area contributed by atoms with Gasteiger partial charge in [0.1, 0.15) is 0 Å². The average Bonchev–Trinajstić information content (AvgIpc) is 3.22. The van der Waals surface area contributed by atoms with Crippen molar-refractivity contribution in [2.24, 2.45) is 0 Å². The Kier molecular flexibility index (Phi) is 5.33. The van der Waals surface area contributed by atoms with Gasteiger partial charge in [-0.25, -0.2) is 4.98 Å². The van der Waals surface area contributed by atoms with Gasteiger partial charge < -0.3 is 9.97 Å². The van der Waals surface area contributed by atoms with Crippen LogP contribution in [0.15, 0.2) is 57.4 Å². The molecule has 0 aliphatic heterocycles. The van der Waals surface area contributed by atoms with E-state index < -0.39 is 11.1 Å². The largest absolute Gasteiger partial charge is 0.316 e. The van der Waals surface area contributed by atoms with Crippen molar-refractivity contribution in [3.8, 4) is 11.3 Å². The van der Waals surface area contributed by atoms with Crippen molar-refractivity contribution in [2.75, 3.05) is 5.32 Å². The lowest BCUT2D eigenvalue weighted by molar-refractivity contribution is 0.102. The lowest BCUT2D eigenvalue weighted by Crippen LogP contribution is -2.29. The second kappa shape index (κ2) is 8.08. The van der Waals surface area contributed by atoms with Crippen LogP contribution in [0.4, 0.5) is 5.13 Å². The molecule has 0 bridgehead atoms. The van der Waals surface area contributed by atoms with Crippen LogP contribution in [0.1, 0.15) is 42.1 Å². The zero-order valence-corrected chi connectivity index (χ0v) is 17.3. The van der Waals surface area contributed by atoms with E-state index in [2.05, 4.69) is 46.2 Å². The molecule has 0 aliphatic carbocycles. The molecule has 7 nitrogen and oxygen atoms in total. The van der Waals surface area contributed by atoms with E-state index in [9.17, 15) is 14.4 Å². The highest BCUT2D eigenvalue weighted by Gasteiger charge is 2.12. The number of nitrogens with zero attached hydrogens (tertiary/aromatic N) is 1. The molecule has 1 amide bonds. The molecule has 0 saturated carbocycles. The van der Waals surface area contributed by atoms with Crippen LogP contribution >= 0.6 is 11.3 Å². The number of nitrogens with one attached hydrogen (secondary N) is 3. The molecule has 0 saturated heterocycles. The summed E-state index contributed by atoms with van der Waals surface area (Å²) in [6, 6.07) is 13.0. The number of H-pyrrole nitrogens is 2. The number of benzene rings is 2. The highest BCUT2D eigenvalue weighted by Crippen LogP contribution is 2.27. The molecule has 0 spiro atoms. The van der Waals surface area contributed by atoms with Crippen molar-refractivity contribution in [3.63, 3.8) is 0 Å². The van der Waals surface area contributed by atoms with Crippen molar-refractivity contribution < 1.29 is 4.79 Å². The Morgan fingerprint density at radius 3 is 2.47 bits per heavy atom. The third-order valence-corrected chi connectivity index (χ3v) is 5.85. The van der Waals surface area contributed by atoms with E-state index in [0.29, 0.717) is 27.6 Å². The lowest BCUT2D eigenvalue weighted by Gasteiger charge is -2.08. The van der Waals surface area contributed by atoms with Crippen molar-refractivity contribution in [3.05, 3.63) is 79.7 Å². The summed E-state index contributed by atoms with van der Waals surface area (Å²) in [6.07, 6.45) is 1.09. The Morgan fingerprint density at radius 1 is 1.07 bits per heavy atom. The predicted octanol–water partition coefficient (Wildman–Crippen LogP) is 4.11. The summed E-state index contributed by atoms with van der Waals surface area (Å²) in [6.45, 7) is 4.37. The van der Waals surface area contributed by atoms with Gasteiger partial charge in [-0.15, -0.1) is 11.3 Å². The van der Waals surface area contributed by atoms with Crippen LogP contribution in [-0.2, 0) is 0 Å². The molecule has 4 rings (SSSR count). The number of rotatable bonds is 5. The third kappa shape index (κ3) is 3.95. The lowest BCUT2D eigenvalue weighted by atomic mass is 9.97. The van der Waals surface area contributed by atoms with Gasteiger partial charge in [0.25, 0.3) is 5.91 Å². The van der Waals surface area contributed by atoms with Gasteiger partial charge in [0, 0.05) is 16.5 Å². The van der Waals surface area contributed by atoms with Gasteiger partial charge in [-0.3, -0.25) is 19.7 Å². The molecule has 1 atom stereocenters. The average molecular weight is 420 g/mol. The van der Waals surface area contributed by atoms with E-state index in [1.54, 1.807) is 12.1 Å². The van der Waals surface area contributed by atoms with E-state index in [0.717, 1.165) is 17.7 Å². The summed E-state index contributed by atoms with van der Waals surface area (Å²) in [7, 11) is 0. The number of anilines is 1. The molecule has 2 aromatic carbocycles. The molecular weight excluding hydrogens is 400 g/mol. The maximum absolute atomic E-state index is 12.6. The maximum Gasteiger partial charge on any atom is 0.314 e. The fourth-order valence-corrected chi connectivity index (χ4v) is 3.82. The molecule has 30 heavy (non-hydrogen) atoms. The minimum Gasteiger partial charge on any atom is -0.316 e. The predicted molar refractivity (Wildman–Crippen MR) is 119 cm³/mol. The first-order chi connectivity index (χ1) is 14.4. The second-order valence-electron chi connectivity index (χ2n) is 7.09. The maximum atomic E-state index is 12.6. The molecule has 4 aromatic rings. The summed E-state index contributed by atoms with van der Waals surface area (Å²) in [4.78, 5) is 44.9. The fourth-order valence-electron chi connectivity index (χ4n) is 3.11. The van der Waals surface area contributed by atoms with Crippen LogP contribution < -0.4 is 16.4 Å². The van der Waals surface area contributed by atoms with Crippen LogP contribution in [0.5, 0.6) is 0 Å². The molecule has 2 aromatic heterocycles.